The zero-order valence-corrected chi connectivity index (χ0v) is 14.4. The van der Waals surface area contributed by atoms with E-state index in [1.165, 1.54) is 16.6 Å². The van der Waals surface area contributed by atoms with Gasteiger partial charge in [-0.15, -0.1) is 0 Å². The van der Waals surface area contributed by atoms with E-state index in [1.807, 2.05) is 12.1 Å². The Bertz CT molecular complexity index is 985. The van der Waals surface area contributed by atoms with E-state index >= 15 is 0 Å². The lowest BCUT2D eigenvalue weighted by Crippen LogP contribution is -2.12. The van der Waals surface area contributed by atoms with Gasteiger partial charge in [-0.2, -0.15) is 0 Å². The first kappa shape index (κ1) is 15.9. The third-order valence-corrected chi connectivity index (χ3v) is 5.11. The Hall–Kier alpha value is -2.62. The third-order valence-electron chi connectivity index (χ3n) is 5.11. The van der Waals surface area contributed by atoms with Gasteiger partial charge >= 0.3 is 0 Å². The number of nitrogens with zero attached hydrogens (tertiary/aromatic N) is 2. The van der Waals surface area contributed by atoms with Gasteiger partial charge in [0.1, 0.15) is 0 Å². The maximum Gasteiger partial charge on any atom is 0.242 e. The van der Waals surface area contributed by atoms with E-state index in [1.54, 1.807) is 6.07 Å². The van der Waals surface area contributed by atoms with Crippen molar-refractivity contribution in [2.45, 2.75) is 26.3 Å². The Morgan fingerprint density at radius 2 is 1.92 bits per heavy atom. The molecule has 128 valence electrons. The van der Waals surface area contributed by atoms with Crippen LogP contribution in [0.4, 0.5) is 14.5 Å². The lowest BCUT2D eigenvalue weighted by atomic mass is 10.0. The molecule has 0 N–H and O–H groups in total. The van der Waals surface area contributed by atoms with Crippen LogP contribution in [0.2, 0.25) is 0 Å². The number of hydrogen-bond acceptors (Lipinski definition) is 1. The summed E-state index contributed by atoms with van der Waals surface area (Å²) in [7, 11) is 2.06. The molecule has 25 heavy (non-hydrogen) atoms. The summed E-state index contributed by atoms with van der Waals surface area (Å²) in [6.07, 6.45) is -2.54. The zero-order chi connectivity index (χ0) is 17.7. The second kappa shape index (κ2) is 5.73. The van der Waals surface area contributed by atoms with Crippen molar-refractivity contribution in [3.8, 4) is 0 Å². The predicted octanol–water partition coefficient (Wildman–Crippen LogP) is 5.29. The van der Waals surface area contributed by atoms with Crippen molar-refractivity contribution in [1.29, 1.82) is 0 Å². The molecule has 1 aliphatic rings. The van der Waals surface area contributed by atoms with Crippen molar-refractivity contribution in [3.63, 3.8) is 0 Å². The van der Waals surface area contributed by atoms with Gasteiger partial charge in [0.15, 0.2) is 0 Å². The van der Waals surface area contributed by atoms with Crippen LogP contribution in [0.15, 0.2) is 49.0 Å². The summed E-state index contributed by atoms with van der Waals surface area (Å²) < 4.78 is 27.5. The third kappa shape index (κ3) is 2.62. The molecule has 0 spiro atoms. The topological polar surface area (TPSA) is 8.17 Å². The second-order valence-corrected chi connectivity index (χ2v) is 6.71. The van der Waals surface area contributed by atoms with Gasteiger partial charge in [0.25, 0.3) is 0 Å². The van der Waals surface area contributed by atoms with Gasteiger partial charge in [-0.25, -0.2) is 8.78 Å². The molecule has 0 unspecified atom stereocenters. The first-order valence-corrected chi connectivity index (χ1v) is 8.37. The molecule has 0 atom stereocenters. The Morgan fingerprint density at radius 1 is 1.12 bits per heavy atom. The normalized spacial score (nSPS) is 14.0. The van der Waals surface area contributed by atoms with E-state index in [0.29, 0.717) is 5.56 Å². The highest BCUT2D eigenvalue weighted by Gasteiger charge is 2.24. The highest BCUT2D eigenvalue weighted by Crippen LogP contribution is 2.37. The summed E-state index contributed by atoms with van der Waals surface area (Å²) in [6, 6.07) is 14.2. The molecular weight excluding hydrogens is 318 g/mol. The van der Waals surface area contributed by atoms with Crippen LogP contribution < -0.4 is 4.90 Å². The Balaban J connectivity index is 1.69. The quantitative estimate of drug-likeness (QED) is 0.630. The molecular formula is C21H20F2N2. The maximum atomic E-state index is 12.7. The molecule has 0 saturated carbocycles. The summed E-state index contributed by atoms with van der Waals surface area (Å²) in [4.78, 5) is 2.15. The molecule has 2 nitrogen and oxygen atoms in total. The standard InChI is InChI=1S/C21H20F2N2/c1-13-8-17-11-18(6-7-20(17)24(13)3)25-12-16-5-4-15(10-21(22)23)9-19(16)14(25)2/h4-9,11,21H,2,10,12H2,1,3H3. The van der Waals surface area contributed by atoms with E-state index in [0.717, 1.165) is 29.1 Å². The van der Waals surface area contributed by atoms with Crippen molar-refractivity contribution in [3.05, 3.63) is 71.4 Å². The van der Waals surface area contributed by atoms with Crippen LogP contribution in [-0.2, 0) is 20.0 Å². The molecule has 2 heterocycles. The van der Waals surface area contributed by atoms with Gasteiger partial charge in [-0.1, -0.05) is 18.7 Å². The molecule has 2 aromatic carbocycles. The molecule has 1 aromatic heterocycles. The average Bonchev–Trinajstić information content (AvgIpc) is 3.04. The largest absolute Gasteiger partial charge is 0.348 e. The summed E-state index contributed by atoms with van der Waals surface area (Å²) in [5.74, 6) is 0. The van der Waals surface area contributed by atoms with Gasteiger partial charge in [-0.3, -0.25) is 0 Å². The van der Waals surface area contributed by atoms with Crippen molar-refractivity contribution in [2.75, 3.05) is 4.90 Å². The van der Waals surface area contributed by atoms with Gasteiger partial charge < -0.3 is 9.47 Å². The van der Waals surface area contributed by atoms with E-state index in [9.17, 15) is 8.78 Å². The molecule has 4 heteroatoms. The van der Waals surface area contributed by atoms with Crippen molar-refractivity contribution < 1.29 is 8.78 Å². The summed E-state index contributed by atoms with van der Waals surface area (Å²) in [6.45, 7) is 7.02. The van der Waals surface area contributed by atoms with Crippen LogP contribution in [0.5, 0.6) is 0 Å². The van der Waals surface area contributed by atoms with Crippen molar-refractivity contribution in [2.24, 2.45) is 7.05 Å². The molecule has 1 aliphatic heterocycles. The maximum absolute atomic E-state index is 12.7. The highest BCUT2D eigenvalue weighted by molar-refractivity contribution is 5.90. The second-order valence-electron chi connectivity index (χ2n) is 6.71. The van der Waals surface area contributed by atoms with Crippen LogP contribution in [0.3, 0.4) is 0 Å². The predicted molar refractivity (Wildman–Crippen MR) is 99.0 cm³/mol. The minimum Gasteiger partial charge on any atom is -0.348 e. The number of fused-ring (bicyclic) bond motifs is 2. The lowest BCUT2D eigenvalue weighted by molar-refractivity contribution is 0.149. The highest BCUT2D eigenvalue weighted by atomic mass is 19.3. The Kier molecular flexibility index (Phi) is 3.64. The van der Waals surface area contributed by atoms with Gasteiger partial charge in [0.2, 0.25) is 6.43 Å². The fraction of sp³-hybridized carbons (Fsp3) is 0.238. The first-order valence-electron chi connectivity index (χ1n) is 8.37. The number of alkyl halides is 2. The Morgan fingerprint density at radius 3 is 2.68 bits per heavy atom. The van der Waals surface area contributed by atoms with Gasteiger partial charge in [-0.05, 0) is 48.4 Å². The minimum absolute atomic E-state index is 0.212. The molecule has 4 rings (SSSR count). The van der Waals surface area contributed by atoms with E-state index < -0.39 is 6.43 Å². The zero-order valence-electron chi connectivity index (χ0n) is 14.4. The Labute approximate surface area is 146 Å². The average molecular weight is 338 g/mol. The van der Waals surface area contributed by atoms with Gasteiger partial charge in [0, 0.05) is 53.6 Å². The number of hydrogen-bond donors (Lipinski definition) is 0. The molecule has 0 bridgehead atoms. The molecule has 0 saturated heterocycles. The summed E-state index contributed by atoms with van der Waals surface area (Å²) >= 11 is 0. The smallest absolute Gasteiger partial charge is 0.242 e. The number of anilines is 1. The van der Waals surface area contributed by atoms with Crippen LogP contribution in [0.25, 0.3) is 16.6 Å². The summed E-state index contributed by atoms with van der Waals surface area (Å²) in [5.41, 5.74) is 7.13. The summed E-state index contributed by atoms with van der Waals surface area (Å²) in [5, 5.41) is 1.19. The number of rotatable bonds is 3. The molecule has 0 aliphatic carbocycles. The molecule has 3 aromatic rings. The minimum atomic E-state index is -2.33. The molecule has 0 radical (unpaired) electrons. The van der Waals surface area contributed by atoms with Crippen LogP contribution in [0.1, 0.15) is 22.4 Å². The number of halogens is 2. The fourth-order valence-corrected chi connectivity index (χ4v) is 3.64. The van der Waals surface area contributed by atoms with E-state index in [4.69, 9.17) is 0 Å². The SMILES string of the molecule is C=C1c2cc(CC(F)F)ccc2CN1c1ccc2c(c1)cc(C)n2C. The van der Waals surface area contributed by atoms with Crippen molar-refractivity contribution in [1.82, 2.24) is 4.57 Å². The monoisotopic (exact) mass is 338 g/mol. The van der Waals surface area contributed by atoms with Gasteiger partial charge in [0.05, 0.1) is 0 Å². The van der Waals surface area contributed by atoms with Crippen LogP contribution in [-0.4, -0.2) is 11.0 Å². The number of aryl methyl sites for hydroxylation is 2. The van der Waals surface area contributed by atoms with Crippen LogP contribution >= 0.6 is 0 Å². The lowest BCUT2D eigenvalue weighted by Gasteiger charge is -2.19. The first-order chi connectivity index (χ1) is 11.9. The van der Waals surface area contributed by atoms with Crippen LogP contribution in [0, 0.1) is 6.92 Å². The van der Waals surface area contributed by atoms with E-state index in [2.05, 4.69) is 54.3 Å². The molecule has 0 fully saturated rings. The molecule has 0 amide bonds. The fourth-order valence-electron chi connectivity index (χ4n) is 3.64. The number of aromatic nitrogens is 1. The van der Waals surface area contributed by atoms with Crippen molar-refractivity contribution >= 4 is 22.3 Å². The number of benzene rings is 2. The van der Waals surface area contributed by atoms with E-state index in [-0.39, 0.29) is 6.42 Å².